The predicted octanol–water partition coefficient (Wildman–Crippen LogP) is 10.7. The van der Waals surface area contributed by atoms with Gasteiger partial charge < -0.3 is 57.3 Å². The van der Waals surface area contributed by atoms with Gasteiger partial charge >= 0.3 is 24.1 Å². The van der Waals surface area contributed by atoms with Crippen LogP contribution in [0.4, 0.5) is 21.0 Å². The van der Waals surface area contributed by atoms with Gasteiger partial charge in [-0.15, -0.1) is 0 Å². The van der Waals surface area contributed by atoms with E-state index in [9.17, 15) is 45.1 Å². The number of carbonyl (C=O) groups is 4. The number of ether oxygens (including phenoxy) is 4. The topological polar surface area (TPSA) is 282 Å². The Morgan fingerprint density at radius 1 is 0.500 bits per heavy atom. The minimum absolute atomic E-state index is 0.000767. The summed E-state index contributed by atoms with van der Waals surface area (Å²) in [6.07, 6.45) is 2.67. The minimum Gasteiger partial charge on any atom is -0.744 e. The number of alkyl carbamates (subject to hydrolysis) is 2. The van der Waals surface area contributed by atoms with Gasteiger partial charge in [0.25, 0.3) is 0 Å². The fourth-order valence-corrected chi connectivity index (χ4v) is 12.3. The van der Waals surface area contributed by atoms with E-state index in [0.29, 0.717) is 93.0 Å². The van der Waals surface area contributed by atoms with Crippen molar-refractivity contribution in [1.29, 1.82) is 0 Å². The van der Waals surface area contributed by atoms with Gasteiger partial charge in [0.2, 0.25) is 10.7 Å². The molecule has 2 heterocycles. The molecule has 4 aromatic carbocycles. The van der Waals surface area contributed by atoms with Gasteiger partial charge in [-0.3, -0.25) is 0 Å². The van der Waals surface area contributed by atoms with E-state index in [0.717, 1.165) is 74.0 Å². The molecule has 0 bridgehead atoms. The van der Waals surface area contributed by atoms with Gasteiger partial charge in [-0.1, -0.05) is 76.2 Å². The Kier molecular flexibility index (Phi) is 26.9. The van der Waals surface area contributed by atoms with E-state index in [-0.39, 0.29) is 60.5 Å². The van der Waals surface area contributed by atoms with E-state index in [4.69, 9.17) is 27.8 Å². The Morgan fingerprint density at radius 2 is 0.927 bits per heavy atom. The number of nitrogens with zero attached hydrogens (tertiary/aromatic N) is 4. The highest BCUT2D eigenvalue weighted by molar-refractivity contribution is 7.86. The maximum Gasteiger partial charge on any atom is 0.407 e. The highest BCUT2D eigenvalue weighted by Crippen LogP contribution is 2.45. The number of esters is 2. The zero-order valence-corrected chi connectivity index (χ0v) is 57.5. The minimum atomic E-state index is -4.79. The number of hydrogen-bond donors (Lipinski definition) is 2. The number of anilines is 2. The molecule has 0 saturated carbocycles. The van der Waals surface area contributed by atoms with Gasteiger partial charge in [-0.2, -0.15) is 0 Å². The lowest BCUT2D eigenvalue weighted by Crippen LogP contribution is -2.36. The van der Waals surface area contributed by atoms with Crippen LogP contribution in [-0.2, 0) is 48.8 Å². The van der Waals surface area contributed by atoms with Crippen LogP contribution in [0.5, 0.6) is 0 Å². The van der Waals surface area contributed by atoms with Crippen molar-refractivity contribution in [3.05, 3.63) is 156 Å². The first-order valence-electron chi connectivity index (χ1n) is 32.2. The van der Waals surface area contributed by atoms with Crippen molar-refractivity contribution >= 4 is 77.7 Å². The number of amides is 2. The fraction of sp³-hybridized carbons (Fsp3) is 0.361. The highest BCUT2D eigenvalue weighted by atomic mass is 32.2. The Labute approximate surface area is 561 Å². The SMILES string of the molecule is C=C(C)C(=O)OCCNC(=O)OCC[N+](CC)=c1ccc2c(-c3ccccc3S(=O)(=O)[O-])c3ccc(N(CC)CC)cc3oc-2c1.C=C(C)C(=O)OCCNC(=O)OCC[N+](CCCC)=c1ccc2c(-c3ccccc3S(=O)(=O)[O-])c3ccc(N(CC)CCCC)cc3oc-2c1. The predicted molar refractivity (Wildman–Crippen MR) is 370 cm³/mol. The van der Waals surface area contributed by atoms with E-state index in [1.54, 1.807) is 37.3 Å². The summed E-state index contributed by atoms with van der Waals surface area (Å²) in [6.45, 7) is 28.3. The number of nitrogens with one attached hydrogen (secondary N) is 2. The highest BCUT2D eigenvalue weighted by Gasteiger charge is 2.26. The number of rotatable bonds is 30. The molecule has 0 unspecified atom stereocenters. The molecule has 512 valence electrons. The Hall–Kier alpha value is -9.36. The summed E-state index contributed by atoms with van der Waals surface area (Å²) in [5, 5.41) is 8.09. The lowest BCUT2D eigenvalue weighted by atomic mass is 9.93. The Bertz CT molecular complexity index is 4420. The molecule has 4 aliphatic rings. The molecule has 8 rings (SSSR count). The van der Waals surface area contributed by atoms with Crippen LogP contribution in [0.15, 0.2) is 164 Å². The van der Waals surface area contributed by atoms with E-state index < -0.39 is 44.4 Å². The van der Waals surface area contributed by atoms with Gasteiger partial charge in [0.05, 0.1) is 35.0 Å². The van der Waals surface area contributed by atoms with Gasteiger partial charge in [-0.25, -0.2) is 45.2 Å². The Balaban J connectivity index is 0.000000272. The first-order chi connectivity index (χ1) is 46.0. The average Bonchev–Trinajstić information content (AvgIpc) is 0.751. The summed E-state index contributed by atoms with van der Waals surface area (Å²) in [6, 6.07) is 35.4. The molecule has 0 radical (unpaired) electrons. The van der Waals surface area contributed by atoms with Crippen LogP contribution in [0.3, 0.4) is 0 Å². The fourth-order valence-electron chi connectivity index (χ4n) is 10.9. The van der Waals surface area contributed by atoms with E-state index in [2.05, 4.69) is 72.8 Å². The van der Waals surface area contributed by atoms with E-state index in [1.165, 1.54) is 25.1 Å². The number of fused-ring (bicyclic) bond motifs is 4. The second kappa shape index (κ2) is 34.9. The zero-order chi connectivity index (χ0) is 69.7. The largest absolute Gasteiger partial charge is 0.744 e. The van der Waals surface area contributed by atoms with Crippen molar-refractivity contribution < 1.29 is 72.9 Å². The van der Waals surface area contributed by atoms with Crippen molar-refractivity contribution in [2.24, 2.45) is 0 Å². The van der Waals surface area contributed by atoms with E-state index >= 15 is 0 Å². The third kappa shape index (κ3) is 19.4. The number of benzene rings is 6. The second-order valence-corrected chi connectivity index (χ2v) is 25.3. The molecule has 22 nitrogen and oxygen atoms in total. The molecule has 96 heavy (non-hydrogen) atoms. The molecule has 24 heteroatoms. The quantitative estimate of drug-likeness (QED) is 0.00805. The number of unbranched alkanes of at least 4 members (excludes halogenated alkanes) is 2. The molecule has 2 N–H and O–H groups in total. The maximum absolute atomic E-state index is 12.4. The molecular weight excluding hydrogens is 1270 g/mol. The average molecular weight is 1360 g/mol. The summed E-state index contributed by atoms with van der Waals surface area (Å²) in [5.74, 6) is -0.0403. The van der Waals surface area contributed by atoms with Crippen LogP contribution < -0.4 is 40.3 Å². The molecule has 0 atom stereocenters. The molecule has 0 aromatic heterocycles. The monoisotopic (exact) mass is 1350 g/mol. The number of likely N-dealkylation sites (N-methyl/N-ethyl adjacent to an activating group) is 1. The molecule has 0 spiro atoms. The van der Waals surface area contributed by atoms with Crippen LogP contribution in [-0.4, -0.2) is 142 Å². The van der Waals surface area contributed by atoms with Crippen molar-refractivity contribution in [1.82, 2.24) is 19.8 Å². The number of carbonyl (C=O) groups excluding carboxylic acids is 4. The van der Waals surface area contributed by atoms with Gasteiger partial charge in [0.15, 0.2) is 26.3 Å². The molecule has 4 aromatic rings. The van der Waals surface area contributed by atoms with Gasteiger partial charge in [0, 0.05) is 124 Å². The standard InChI is InChI=1S/C38H47N3O8S.C34H39N3O8S/c1-6-9-20-40(8-3)28-15-17-30-33(25-28)49-34-26-29(16-18-31(34)36(30)32-13-11-12-14-35(32)50(44,45)46)41(21-10-7-2)22-24-48-38(43)39-19-23-47-37(42)27(4)5;1-6-36(7-2)24-13-15-26-29(21-24)45-30-22-25(14-16-27(30)32(26)28-11-9-10-12-31(28)46(40,41)42)37(8-3)18-20-44-34(39)35-17-19-43-33(38)23(4)5/h11-18,25-26H,4,6-10,19-24H2,1-3,5H3,(H-,39,43,44,45,46);9-16,21-22H,4,6-8,17-20H2,1-3,5H3,(H-,35,39,40,41,42). The second-order valence-electron chi connectivity index (χ2n) is 22.6. The molecule has 2 amide bonds. The third-order valence-corrected chi connectivity index (χ3v) is 17.7. The summed E-state index contributed by atoms with van der Waals surface area (Å²) in [4.78, 5) is 51.2. The van der Waals surface area contributed by atoms with Crippen LogP contribution in [0, 0.1) is 0 Å². The first kappa shape index (κ1) is 74.0. The summed E-state index contributed by atoms with van der Waals surface area (Å²) in [7, 11) is -9.56. The summed E-state index contributed by atoms with van der Waals surface area (Å²) < 4.78 is 112. The van der Waals surface area contributed by atoms with E-state index in [1.807, 2.05) is 84.3 Å². The summed E-state index contributed by atoms with van der Waals surface area (Å²) in [5.41, 5.74) is 6.67. The first-order valence-corrected chi connectivity index (χ1v) is 35.0. The van der Waals surface area contributed by atoms with Crippen molar-refractivity contribution in [2.45, 2.75) is 90.9 Å². The van der Waals surface area contributed by atoms with Crippen LogP contribution in [0.25, 0.3) is 66.8 Å². The summed E-state index contributed by atoms with van der Waals surface area (Å²) >= 11 is 0. The molecule has 2 aliphatic heterocycles. The maximum atomic E-state index is 12.4. The molecule has 2 aliphatic carbocycles. The lowest BCUT2D eigenvalue weighted by Gasteiger charge is -2.24. The molecule has 0 saturated heterocycles. The Morgan fingerprint density at radius 3 is 1.34 bits per heavy atom. The van der Waals surface area contributed by atoms with Crippen molar-refractivity contribution in [2.75, 3.05) is 102 Å². The number of hydrogen-bond acceptors (Lipinski definition) is 18. The van der Waals surface area contributed by atoms with Crippen molar-refractivity contribution in [3.8, 4) is 44.9 Å². The van der Waals surface area contributed by atoms with Crippen molar-refractivity contribution in [3.63, 3.8) is 0 Å². The van der Waals surface area contributed by atoms with Gasteiger partial charge in [0.1, 0.15) is 69.2 Å². The third-order valence-electron chi connectivity index (χ3n) is 15.9. The lowest BCUT2D eigenvalue weighted by molar-refractivity contribution is -0.139. The van der Waals surface area contributed by atoms with Crippen LogP contribution >= 0.6 is 0 Å². The smallest absolute Gasteiger partial charge is 0.407 e. The molecule has 0 fully saturated rings. The van der Waals surface area contributed by atoms with Crippen LogP contribution in [0.2, 0.25) is 0 Å². The molecular formula is C72H86N6O16S2. The van der Waals surface area contributed by atoms with Gasteiger partial charge in [-0.05, 0) is 96.5 Å². The normalized spacial score (nSPS) is 12.1. The van der Waals surface area contributed by atoms with Crippen LogP contribution in [0.1, 0.15) is 81.1 Å². The zero-order valence-electron chi connectivity index (χ0n) is 55.8.